The van der Waals surface area contributed by atoms with Crippen LogP contribution in [0.5, 0.6) is 0 Å². The van der Waals surface area contributed by atoms with E-state index in [1.807, 2.05) is 13.0 Å². The molecule has 0 aliphatic rings. The van der Waals surface area contributed by atoms with Crippen LogP contribution in [0.15, 0.2) is 30.3 Å². The maximum atomic E-state index is 5.60. The summed E-state index contributed by atoms with van der Waals surface area (Å²) in [5.41, 5.74) is 9.15. The highest BCUT2D eigenvalue weighted by molar-refractivity contribution is 5.40. The fraction of sp³-hybridized carbons (Fsp3) is 0.286. The molecule has 2 aromatic rings. The summed E-state index contributed by atoms with van der Waals surface area (Å²) in [5.74, 6) is 1.10. The van der Waals surface area contributed by atoms with Gasteiger partial charge in [-0.05, 0) is 31.4 Å². The van der Waals surface area contributed by atoms with Gasteiger partial charge in [-0.1, -0.05) is 24.3 Å². The first-order valence-corrected chi connectivity index (χ1v) is 6.04. The van der Waals surface area contributed by atoms with Crippen LogP contribution in [0.3, 0.4) is 0 Å². The second-order valence-corrected chi connectivity index (χ2v) is 4.36. The van der Waals surface area contributed by atoms with E-state index in [-0.39, 0.29) is 0 Å². The number of nitrogens with zero attached hydrogens (tertiary/aromatic N) is 2. The first-order valence-electron chi connectivity index (χ1n) is 6.04. The third-order valence-corrected chi connectivity index (χ3v) is 2.83. The van der Waals surface area contributed by atoms with Gasteiger partial charge in [-0.25, -0.2) is 4.98 Å². The number of aryl methyl sites for hydroxylation is 2. The molecule has 0 aliphatic heterocycles. The van der Waals surface area contributed by atoms with Crippen LogP contribution in [0.1, 0.15) is 16.8 Å². The van der Waals surface area contributed by atoms with Crippen LogP contribution in [0, 0.1) is 13.8 Å². The molecule has 0 aliphatic carbocycles. The third kappa shape index (κ3) is 3.20. The molecule has 94 valence electrons. The molecule has 0 fully saturated rings. The Morgan fingerprint density at radius 1 is 1.17 bits per heavy atom. The van der Waals surface area contributed by atoms with Crippen molar-refractivity contribution in [2.45, 2.75) is 20.3 Å². The highest BCUT2D eigenvalue weighted by Gasteiger charge is 2.00. The van der Waals surface area contributed by atoms with E-state index < -0.39 is 0 Å². The summed E-state index contributed by atoms with van der Waals surface area (Å²) in [6.07, 6.45) is 0.968. The zero-order valence-electron chi connectivity index (χ0n) is 10.8. The monoisotopic (exact) mass is 242 g/mol. The van der Waals surface area contributed by atoms with Gasteiger partial charge in [-0.2, -0.15) is 4.98 Å². The molecule has 1 aromatic carbocycles. The van der Waals surface area contributed by atoms with Crippen molar-refractivity contribution in [2.75, 3.05) is 17.6 Å². The summed E-state index contributed by atoms with van der Waals surface area (Å²) in [5, 5.41) is 3.27. The van der Waals surface area contributed by atoms with Crippen molar-refractivity contribution >= 4 is 11.8 Å². The molecule has 0 saturated heterocycles. The lowest BCUT2D eigenvalue weighted by Gasteiger charge is -2.08. The van der Waals surface area contributed by atoms with Crippen molar-refractivity contribution in [3.63, 3.8) is 0 Å². The summed E-state index contributed by atoms with van der Waals surface area (Å²) in [6.45, 7) is 4.87. The molecule has 0 radical (unpaired) electrons. The van der Waals surface area contributed by atoms with Crippen LogP contribution in [0.2, 0.25) is 0 Å². The number of hydrogen-bond acceptors (Lipinski definition) is 4. The fourth-order valence-electron chi connectivity index (χ4n) is 1.90. The van der Waals surface area contributed by atoms with E-state index in [2.05, 4.69) is 46.5 Å². The molecule has 4 heteroatoms. The average Bonchev–Trinajstić information content (AvgIpc) is 2.30. The Bertz CT molecular complexity index is 517. The normalized spacial score (nSPS) is 10.3. The predicted molar refractivity (Wildman–Crippen MR) is 74.6 cm³/mol. The first kappa shape index (κ1) is 12.4. The Balaban J connectivity index is 1.94. The maximum Gasteiger partial charge on any atom is 0.222 e. The number of nitrogen functional groups attached to an aromatic ring is 1. The summed E-state index contributed by atoms with van der Waals surface area (Å²) < 4.78 is 0. The summed E-state index contributed by atoms with van der Waals surface area (Å²) in [6, 6.07) is 10.3. The van der Waals surface area contributed by atoms with Crippen LogP contribution in [0.25, 0.3) is 0 Å². The number of hydrogen-bond donors (Lipinski definition) is 2. The van der Waals surface area contributed by atoms with Crippen molar-refractivity contribution in [3.05, 3.63) is 47.2 Å². The molecule has 18 heavy (non-hydrogen) atoms. The van der Waals surface area contributed by atoms with E-state index >= 15 is 0 Å². The molecule has 0 bridgehead atoms. The van der Waals surface area contributed by atoms with Gasteiger partial charge in [0.15, 0.2) is 0 Å². The van der Waals surface area contributed by atoms with Crippen molar-refractivity contribution < 1.29 is 0 Å². The van der Waals surface area contributed by atoms with Gasteiger partial charge in [0, 0.05) is 18.3 Å². The highest BCUT2D eigenvalue weighted by atomic mass is 15.1. The van der Waals surface area contributed by atoms with Gasteiger partial charge in [-0.15, -0.1) is 0 Å². The third-order valence-electron chi connectivity index (χ3n) is 2.83. The Labute approximate surface area is 107 Å². The largest absolute Gasteiger partial charge is 0.370 e. The number of aromatic nitrogens is 2. The lowest BCUT2D eigenvalue weighted by atomic mass is 10.1. The lowest BCUT2D eigenvalue weighted by molar-refractivity contribution is 0.985. The Morgan fingerprint density at radius 3 is 2.67 bits per heavy atom. The minimum atomic E-state index is 0.313. The Hall–Kier alpha value is -2.10. The van der Waals surface area contributed by atoms with E-state index in [0.717, 1.165) is 24.5 Å². The van der Waals surface area contributed by atoms with Crippen LogP contribution in [0.4, 0.5) is 11.8 Å². The average molecular weight is 242 g/mol. The van der Waals surface area contributed by atoms with Crippen molar-refractivity contribution in [1.82, 2.24) is 9.97 Å². The van der Waals surface area contributed by atoms with Crippen molar-refractivity contribution in [2.24, 2.45) is 0 Å². The minimum absolute atomic E-state index is 0.313. The second-order valence-electron chi connectivity index (χ2n) is 4.36. The summed E-state index contributed by atoms with van der Waals surface area (Å²) in [7, 11) is 0. The van der Waals surface area contributed by atoms with E-state index in [4.69, 9.17) is 5.73 Å². The van der Waals surface area contributed by atoms with Gasteiger partial charge in [-0.3, -0.25) is 0 Å². The number of nitrogens with two attached hydrogens (primary N) is 1. The Morgan fingerprint density at radius 2 is 1.94 bits per heavy atom. The first-order chi connectivity index (χ1) is 8.65. The van der Waals surface area contributed by atoms with Crippen molar-refractivity contribution in [1.29, 1.82) is 0 Å². The van der Waals surface area contributed by atoms with Crippen LogP contribution in [-0.4, -0.2) is 16.5 Å². The standard InChI is InChI=1S/C14H18N4/c1-10-5-3-4-6-12(10)7-8-16-13-9-11(2)17-14(15)18-13/h3-6,9H,7-8H2,1-2H3,(H3,15,16,17,18). The molecule has 0 saturated carbocycles. The van der Waals surface area contributed by atoms with Crippen LogP contribution >= 0.6 is 0 Å². The fourth-order valence-corrected chi connectivity index (χ4v) is 1.90. The number of anilines is 2. The van der Waals surface area contributed by atoms with Gasteiger partial charge >= 0.3 is 0 Å². The van der Waals surface area contributed by atoms with Gasteiger partial charge < -0.3 is 11.1 Å². The molecule has 3 N–H and O–H groups in total. The molecule has 2 rings (SSSR count). The van der Waals surface area contributed by atoms with E-state index in [9.17, 15) is 0 Å². The van der Waals surface area contributed by atoms with Crippen LogP contribution in [-0.2, 0) is 6.42 Å². The molecule has 1 heterocycles. The minimum Gasteiger partial charge on any atom is -0.370 e. The molecule has 0 unspecified atom stereocenters. The predicted octanol–water partition coefficient (Wildman–Crippen LogP) is 2.33. The van der Waals surface area contributed by atoms with Crippen LogP contribution < -0.4 is 11.1 Å². The summed E-state index contributed by atoms with van der Waals surface area (Å²) >= 11 is 0. The van der Waals surface area contributed by atoms with Gasteiger partial charge in [0.05, 0.1) is 0 Å². The number of rotatable bonds is 4. The number of benzene rings is 1. The van der Waals surface area contributed by atoms with Crippen molar-refractivity contribution in [3.8, 4) is 0 Å². The van der Waals surface area contributed by atoms with E-state index in [1.54, 1.807) is 0 Å². The molecule has 4 nitrogen and oxygen atoms in total. The second kappa shape index (κ2) is 5.49. The Kier molecular flexibility index (Phi) is 3.77. The smallest absolute Gasteiger partial charge is 0.222 e. The SMILES string of the molecule is Cc1cc(NCCc2ccccc2C)nc(N)n1. The molecule has 0 amide bonds. The van der Waals surface area contributed by atoms with Gasteiger partial charge in [0.1, 0.15) is 5.82 Å². The lowest BCUT2D eigenvalue weighted by Crippen LogP contribution is -2.09. The van der Waals surface area contributed by atoms with E-state index in [0.29, 0.717) is 5.95 Å². The summed E-state index contributed by atoms with van der Waals surface area (Å²) in [4.78, 5) is 8.18. The van der Waals surface area contributed by atoms with E-state index in [1.165, 1.54) is 11.1 Å². The molecule has 1 aromatic heterocycles. The molecular weight excluding hydrogens is 224 g/mol. The molecule has 0 atom stereocenters. The molecule has 0 spiro atoms. The van der Waals surface area contributed by atoms with Gasteiger partial charge in [0.2, 0.25) is 5.95 Å². The molecular formula is C14H18N4. The highest BCUT2D eigenvalue weighted by Crippen LogP contribution is 2.10. The topological polar surface area (TPSA) is 63.8 Å². The zero-order chi connectivity index (χ0) is 13.0. The maximum absolute atomic E-state index is 5.60. The zero-order valence-corrected chi connectivity index (χ0v) is 10.8. The quantitative estimate of drug-likeness (QED) is 0.863. The van der Waals surface area contributed by atoms with Gasteiger partial charge in [0.25, 0.3) is 0 Å². The number of nitrogens with one attached hydrogen (secondary N) is 1.